The van der Waals surface area contributed by atoms with Crippen LogP contribution in [0.5, 0.6) is 5.88 Å². The number of anilines is 1. The van der Waals surface area contributed by atoms with Crippen LogP contribution in [0.2, 0.25) is 5.15 Å². The molecular formula is C24H22ClN3O3. The first kappa shape index (κ1) is 20.9. The SMILES string of the molecule is COc1cc(-c2oc3c([C@@H](C)Nc4ccc(Cl)nc4)cc(C)cc3c(=O)c2C)ccn1. The molecule has 3 aromatic heterocycles. The van der Waals surface area contributed by atoms with Crippen LogP contribution in [0.25, 0.3) is 22.3 Å². The number of aryl methyl sites for hydroxylation is 1. The second kappa shape index (κ2) is 8.40. The lowest BCUT2D eigenvalue weighted by Crippen LogP contribution is -2.12. The molecule has 0 unspecified atom stereocenters. The minimum atomic E-state index is -0.143. The molecule has 1 atom stereocenters. The zero-order valence-corrected chi connectivity index (χ0v) is 18.4. The van der Waals surface area contributed by atoms with Gasteiger partial charge in [0.05, 0.1) is 30.4 Å². The third kappa shape index (κ3) is 4.11. The van der Waals surface area contributed by atoms with Crippen molar-refractivity contribution in [3.63, 3.8) is 0 Å². The van der Waals surface area contributed by atoms with E-state index < -0.39 is 0 Å². The van der Waals surface area contributed by atoms with Crippen molar-refractivity contribution < 1.29 is 9.15 Å². The van der Waals surface area contributed by atoms with Gasteiger partial charge in [0.1, 0.15) is 16.5 Å². The largest absolute Gasteiger partial charge is 0.481 e. The molecule has 158 valence electrons. The van der Waals surface area contributed by atoms with Gasteiger partial charge in [-0.05, 0) is 50.6 Å². The standard InChI is InChI=1S/C24H22ClN3O3/c1-13-9-18(15(3)28-17-5-6-20(25)27-12-17)24-19(10-13)22(29)14(2)23(31-24)16-7-8-26-21(11-16)30-4/h5-12,15,28H,1-4H3/t15-/m1/s1. The maximum Gasteiger partial charge on any atom is 0.213 e. The van der Waals surface area contributed by atoms with Gasteiger partial charge in [0.15, 0.2) is 5.43 Å². The summed E-state index contributed by atoms with van der Waals surface area (Å²) in [5.74, 6) is 0.956. The van der Waals surface area contributed by atoms with Gasteiger partial charge in [-0.25, -0.2) is 9.97 Å². The molecule has 7 heteroatoms. The van der Waals surface area contributed by atoms with E-state index in [1.807, 2.05) is 32.0 Å². The number of pyridine rings is 2. The van der Waals surface area contributed by atoms with Gasteiger partial charge in [-0.1, -0.05) is 17.7 Å². The van der Waals surface area contributed by atoms with Crippen molar-refractivity contribution in [1.82, 2.24) is 9.97 Å². The van der Waals surface area contributed by atoms with Crippen LogP contribution in [0.3, 0.4) is 0 Å². The summed E-state index contributed by atoms with van der Waals surface area (Å²) in [6.45, 7) is 5.75. The highest BCUT2D eigenvalue weighted by molar-refractivity contribution is 6.29. The summed E-state index contributed by atoms with van der Waals surface area (Å²) in [6.07, 6.45) is 3.30. The fourth-order valence-corrected chi connectivity index (χ4v) is 3.73. The zero-order valence-electron chi connectivity index (χ0n) is 17.7. The van der Waals surface area contributed by atoms with Gasteiger partial charge in [-0.3, -0.25) is 4.79 Å². The van der Waals surface area contributed by atoms with E-state index in [0.29, 0.717) is 33.3 Å². The van der Waals surface area contributed by atoms with E-state index in [2.05, 4.69) is 15.3 Å². The van der Waals surface area contributed by atoms with Crippen LogP contribution in [0.4, 0.5) is 5.69 Å². The Balaban J connectivity index is 1.88. The summed E-state index contributed by atoms with van der Waals surface area (Å²) in [5.41, 5.74) is 4.45. The fourth-order valence-electron chi connectivity index (χ4n) is 3.62. The molecule has 0 saturated heterocycles. The molecular weight excluding hydrogens is 414 g/mol. The summed E-state index contributed by atoms with van der Waals surface area (Å²) in [7, 11) is 1.55. The van der Waals surface area contributed by atoms with Gasteiger partial charge in [-0.2, -0.15) is 0 Å². The van der Waals surface area contributed by atoms with Crippen molar-refractivity contribution in [3.8, 4) is 17.2 Å². The highest BCUT2D eigenvalue weighted by Gasteiger charge is 2.19. The number of nitrogens with zero attached hydrogens (tertiary/aromatic N) is 2. The monoisotopic (exact) mass is 435 g/mol. The third-order valence-corrected chi connectivity index (χ3v) is 5.40. The molecule has 0 bridgehead atoms. The number of ether oxygens (including phenoxy) is 1. The Morgan fingerprint density at radius 3 is 2.65 bits per heavy atom. The molecule has 0 spiro atoms. The molecule has 0 fully saturated rings. The van der Waals surface area contributed by atoms with Crippen molar-refractivity contribution in [2.75, 3.05) is 12.4 Å². The van der Waals surface area contributed by atoms with Crippen molar-refractivity contribution in [1.29, 1.82) is 0 Å². The number of nitrogens with one attached hydrogen (secondary N) is 1. The molecule has 0 aliphatic heterocycles. The lowest BCUT2D eigenvalue weighted by Gasteiger charge is -2.18. The van der Waals surface area contributed by atoms with Crippen LogP contribution in [0.1, 0.15) is 29.7 Å². The summed E-state index contributed by atoms with van der Waals surface area (Å²) in [4.78, 5) is 21.5. The van der Waals surface area contributed by atoms with Gasteiger partial charge in [-0.15, -0.1) is 0 Å². The quantitative estimate of drug-likeness (QED) is 0.405. The predicted molar refractivity (Wildman–Crippen MR) is 123 cm³/mol. The molecule has 0 saturated carbocycles. The Morgan fingerprint density at radius 1 is 1.13 bits per heavy atom. The number of fused-ring (bicyclic) bond motifs is 1. The number of hydrogen-bond acceptors (Lipinski definition) is 6. The normalized spacial score (nSPS) is 12.0. The van der Waals surface area contributed by atoms with Crippen molar-refractivity contribution in [2.24, 2.45) is 0 Å². The van der Waals surface area contributed by atoms with Crippen LogP contribution < -0.4 is 15.5 Å². The van der Waals surface area contributed by atoms with Crippen molar-refractivity contribution in [2.45, 2.75) is 26.8 Å². The molecule has 6 nitrogen and oxygen atoms in total. The average molecular weight is 436 g/mol. The maximum absolute atomic E-state index is 13.2. The molecule has 3 heterocycles. The fraction of sp³-hybridized carbons (Fsp3) is 0.208. The first-order valence-electron chi connectivity index (χ1n) is 9.84. The molecule has 1 aromatic carbocycles. The van der Waals surface area contributed by atoms with Crippen LogP contribution in [0.15, 0.2) is 58.0 Å². The topological polar surface area (TPSA) is 77.2 Å². The molecule has 0 amide bonds. The molecule has 0 radical (unpaired) electrons. The first-order valence-corrected chi connectivity index (χ1v) is 10.2. The minimum Gasteiger partial charge on any atom is -0.481 e. The Kier molecular flexibility index (Phi) is 5.65. The Hall–Kier alpha value is -3.38. The third-order valence-electron chi connectivity index (χ3n) is 5.18. The smallest absolute Gasteiger partial charge is 0.213 e. The van der Waals surface area contributed by atoms with E-state index in [9.17, 15) is 4.79 Å². The zero-order chi connectivity index (χ0) is 22.1. The number of rotatable bonds is 5. The van der Waals surface area contributed by atoms with E-state index in [-0.39, 0.29) is 11.5 Å². The average Bonchev–Trinajstić information content (AvgIpc) is 2.77. The Morgan fingerprint density at radius 2 is 1.94 bits per heavy atom. The van der Waals surface area contributed by atoms with E-state index in [1.54, 1.807) is 44.6 Å². The second-order valence-corrected chi connectivity index (χ2v) is 7.83. The summed E-state index contributed by atoms with van der Waals surface area (Å²) in [6, 6.07) is 10.9. The van der Waals surface area contributed by atoms with Gasteiger partial charge in [0.25, 0.3) is 0 Å². The van der Waals surface area contributed by atoms with E-state index in [1.165, 1.54) is 0 Å². The van der Waals surface area contributed by atoms with Crippen LogP contribution in [0, 0.1) is 13.8 Å². The molecule has 4 aromatic rings. The molecule has 4 rings (SSSR count). The number of aromatic nitrogens is 2. The van der Waals surface area contributed by atoms with E-state index in [4.69, 9.17) is 20.8 Å². The number of halogens is 1. The van der Waals surface area contributed by atoms with Crippen molar-refractivity contribution in [3.05, 3.63) is 80.9 Å². The summed E-state index contributed by atoms with van der Waals surface area (Å²) < 4.78 is 11.6. The van der Waals surface area contributed by atoms with Gasteiger partial charge >= 0.3 is 0 Å². The highest BCUT2D eigenvalue weighted by Crippen LogP contribution is 2.32. The predicted octanol–water partition coefficient (Wildman–Crippen LogP) is 5.70. The van der Waals surface area contributed by atoms with Gasteiger partial charge in [0.2, 0.25) is 5.88 Å². The number of hydrogen-bond donors (Lipinski definition) is 1. The van der Waals surface area contributed by atoms with E-state index in [0.717, 1.165) is 22.4 Å². The Bertz CT molecular complexity index is 1320. The minimum absolute atomic E-state index is 0.0580. The van der Waals surface area contributed by atoms with Crippen molar-refractivity contribution >= 4 is 28.3 Å². The van der Waals surface area contributed by atoms with Crippen LogP contribution >= 0.6 is 11.6 Å². The van der Waals surface area contributed by atoms with E-state index >= 15 is 0 Å². The first-order chi connectivity index (χ1) is 14.9. The highest BCUT2D eigenvalue weighted by atomic mass is 35.5. The number of benzene rings is 1. The Labute approximate surface area is 184 Å². The lowest BCUT2D eigenvalue weighted by atomic mass is 9.99. The molecule has 0 aliphatic carbocycles. The summed E-state index contributed by atoms with van der Waals surface area (Å²) >= 11 is 5.89. The molecule has 0 aliphatic rings. The number of methoxy groups -OCH3 is 1. The van der Waals surface area contributed by atoms with Crippen LogP contribution in [-0.4, -0.2) is 17.1 Å². The summed E-state index contributed by atoms with van der Waals surface area (Å²) in [5, 5.41) is 4.39. The maximum atomic E-state index is 13.2. The lowest BCUT2D eigenvalue weighted by molar-refractivity contribution is 0.398. The van der Waals surface area contributed by atoms with Gasteiger partial charge in [0, 0.05) is 29.0 Å². The molecule has 31 heavy (non-hydrogen) atoms. The van der Waals surface area contributed by atoms with Gasteiger partial charge < -0.3 is 14.5 Å². The molecule has 1 N–H and O–H groups in total. The van der Waals surface area contributed by atoms with Crippen LogP contribution in [-0.2, 0) is 0 Å². The second-order valence-electron chi connectivity index (χ2n) is 7.44.